The van der Waals surface area contributed by atoms with Gasteiger partial charge < -0.3 is 10.2 Å². The molecule has 4 heteroatoms. The molecule has 1 aromatic rings. The van der Waals surface area contributed by atoms with Crippen LogP contribution in [0.2, 0.25) is 0 Å². The SMILES string of the molecule is Br.Cc1cccc(C)c1NC(=O)CN1C=CC=CC1. The van der Waals surface area contributed by atoms with Crippen LogP contribution in [0, 0.1) is 13.8 Å². The maximum absolute atomic E-state index is 12.0. The number of carbonyl (C=O) groups is 1. The molecule has 0 saturated heterocycles. The van der Waals surface area contributed by atoms with Crippen molar-refractivity contribution < 1.29 is 4.79 Å². The fourth-order valence-corrected chi connectivity index (χ4v) is 2.00. The summed E-state index contributed by atoms with van der Waals surface area (Å²) in [4.78, 5) is 13.9. The van der Waals surface area contributed by atoms with Crippen molar-refractivity contribution in [1.29, 1.82) is 0 Å². The Morgan fingerprint density at radius 3 is 2.53 bits per heavy atom. The van der Waals surface area contributed by atoms with Crippen molar-refractivity contribution in [3.05, 3.63) is 53.8 Å². The van der Waals surface area contributed by atoms with Gasteiger partial charge >= 0.3 is 0 Å². The number of aryl methyl sites for hydroxylation is 2. The number of nitrogens with zero attached hydrogens (tertiary/aromatic N) is 1. The number of nitrogens with one attached hydrogen (secondary N) is 1. The summed E-state index contributed by atoms with van der Waals surface area (Å²) in [5.41, 5.74) is 3.12. The summed E-state index contributed by atoms with van der Waals surface area (Å²) in [5.74, 6) is 0.0207. The van der Waals surface area contributed by atoms with Crippen molar-refractivity contribution in [2.75, 3.05) is 18.4 Å². The first-order chi connectivity index (χ1) is 8.66. The van der Waals surface area contributed by atoms with E-state index in [1.165, 1.54) is 0 Å². The molecule has 0 unspecified atom stereocenters. The molecule has 0 radical (unpaired) electrons. The average Bonchev–Trinajstić information content (AvgIpc) is 2.35. The molecule has 0 bridgehead atoms. The van der Waals surface area contributed by atoms with E-state index in [9.17, 15) is 4.79 Å². The molecule has 0 aliphatic carbocycles. The lowest BCUT2D eigenvalue weighted by Gasteiger charge is -2.20. The second kappa shape index (κ2) is 7.14. The number of halogens is 1. The Bertz CT molecular complexity index is 489. The highest BCUT2D eigenvalue weighted by Gasteiger charge is 2.10. The summed E-state index contributed by atoms with van der Waals surface area (Å²) in [7, 11) is 0. The summed E-state index contributed by atoms with van der Waals surface area (Å²) >= 11 is 0. The summed E-state index contributed by atoms with van der Waals surface area (Å²) in [6, 6.07) is 6.01. The highest BCUT2D eigenvalue weighted by Crippen LogP contribution is 2.19. The summed E-state index contributed by atoms with van der Waals surface area (Å²) < 4.78 is 0. The van der Waals surface area contributed by atoms with Crippen LogP contribution in [0.25, 0.3) is 0 Å². The normalized spacial score (nSPS) is 13.1. The Morgan fingerprint density at radius 2 is 1.95 bits per heavy atom. The Labute approximate surface area is 124 Å². The largest absolute Gasteiger partial charge is 0.364 e. The maximum Gasteiger partial charge on any atom is 0.243 e. The van der Waals surface area contributed by atoms with Gasteiger partial charge in [0, 0.05) is 12.2 Å². The van der Waals surface area contributed by atoms with Crippen LogP contribution in [-0.2, 0) is 4.79 Å². The molecule has 0 fully saturated rings. The Kier molecular flexibility index (Phi) is 5.83. The Balaban J connectivity index is 0.00000180. The maximum atomic E-state index is 12.0. The van der Waals surface area contributed by atoms with E-state index in [1.54, 1.807) is 0 Å². The highest BCUT2D eigenvalue weighted by atomic mass is 79.9. The smallest absolute Gasteiger partial charge is 0.243 e. The van der Waals surface area contributed by atoms with Gasteiger partial charge in [0.25, 0.3) is 0 Å². The molecule has 1 aliphatic rings. The standard InChI is InChI=1S/C15H18N2O.BrH/c1-12-7-6-8-13(2)15(12)16-14(18)11-17-9-4-3-5-10-17;/h3-9H,10-11H2,1-2H3,(H,16,18);1H. The van der Waals surface area contributed by atoms with Crippen LogP contribution in [0.3, 0.4) is 0 Å². The van der Waals surface area contributed by atoms with Gasteiger partial charge in [-0.25, -0.2) is 0 Å². The van der Waals surface area contributed by atoms with Gasteiger partial charge in [0.1, 0.15) is 0 Å². The molecule has 1 heterocycles. The summed E-state index contributed by atoms with van der Waals surface area (Å²) in [5, 5.41) is 2.99. The zero-order valence-corrected chi connectivity index (χ0v) is 12.9. The third-order valence-corrected chi connectivity index (χ3v) is 2.98. The van der Waals surface area contributed by atoms with Crippen molar-refractivity contribution >= 4 is 28.6 Å². The molecule has 1 amide bonds. The van der Waals surface area contributed by atoms with Crippen molar-refractivity contribution in [2.45, 2.75) is 13.8 Å². The van der Waals surface area contributed by atoms with E-state index in [0.717, 1.165) is 23.4 Å². The van der Waals surface area contributed by atoms with Gasteiger partial charge in [-0.2, -0.15) is 0 Å². The third kappa shape index (κ3) is 4.24. The number of anilines is 1. The average molecular weight is 323 g/mol. The third-order valence-electron chi connectivity index (χ3n) is 2.98. The van der Waals surface area contributed by atoms with E-state index in [0.29, 0.717) is 6.54 Å². The monoisotopic (exact) mass is 322 g/mol. The van der Waals surface area contributed by atoms with Crippen LogP contribution >= 0.6 is 17.0 Å². The molecular formula is C15H19BrN2O. The van der Waals surface area contributed by atoms with Crippen LogP contribution in [0.15, 0.2) is 42.6 Å². The van der Waals surface area contributed by atoms with Gasteiger partial charge in [-0.15, -0.1) is 17.0 Å². The van der Waals surface area contributed by atoms with E-state index in [2.05, 4.69) is 5.32 Å². The lowest BCUT2D eigenvalue weighted by Crippen LogP contribution is -2.30. The lowest BCUT2D eigenvalue weighted by molar-refractivity contribution is -0.116. The molecule has 0 atom stereocenters. The minimum absolute atomic E-state index is 0. The first-order valence-corrected chi connectivity index (χ1v) is 6.10. The fourth-order valence-electron chi connectivity index (χ4n) is 2.00. The highest BCUT2D eigenvalue weighted by molar-refractivity contribution is 8.93. The summed E-state index contributed by atoms with van der Waals surface area (Å²) in [6.07, 6.45) is 7.90. The Hall–Kier alpha value is -1.55. The van der Waals surface area contributed by atoms with E-state index < -0.39 is 0 Å². The van der Waals surface area contributed by atoms with Gasteiger partial charge in [0.2, 0.25) is 5.91 Å². The summed E-state index contributed by atoms with van der Waals surface area (Å²) in [6.45, 7) is 5.18. The van der Waals surface area contributed by atoms with Gasteiger partial charge in [-0.05, 0) is 37.3 Å². The van der Waals surface area contributed by atoms with Gasteiger partial charge in [-0.3, -0.25) is 4.79 Å². The first kappa shape index (κ1) is 15.5. The molecule has 0 aromatic heterocycles. The molecule has 0 spiro atoms. The van der Waals surface area contributed by atoms with Crippen LogP contribution in [0.5, 0.6) is 0 Å². The zero-order chi connectivity index (χ0) is 13.0. The number of para-hydroxylation sites is 1. The van der Waals surface area contributed by atoms with Crippen LogP contribution in [0.1, 0.15) is 11.1 Å². The lowest BCUT2D eigenvalue weighted by atomic mass is 10.1. The van der Waals surface area contributed by atoms with Crippen LogP contribution in [-0.4, -0.2) is 23.9 Å². The molecule has 1 N–H and O–H groups in total. The van der Waals surface area contributed by atoms with E-state index >= 15 is 0 Å². The van der Waals surface area contributed by atoms with Gasteiger partial charge in [0.15, 0.2) is 0 Å². The topological polar surface area (TPSA) is 32.3 Å². The van der Waals surface area contributed by atoms with E-state index in [1.807, 2.05) is 61.4 Å². The number of rotatable bonds is 3. The minimum Gasteiger partial charge on any atom is -0.364 e. The predicted molar refractivity (Wildman–Crippen MR) is 84.7 cm³/mol. The molecular weight excluding hydrogens is 304 g/mol. The second-order valence-corrected chi connectivity index (χ2v) is 4.51. The van der Waals surface area contributed by atoms with Gasteiger partial charge in [0.05, 0.1) is 6.54 Å². The molecule has 1 aliphatic heterocycles. The zero-order valence-electron chi connectivity index (χ0n) is 11.2. The number of benzene rings is 1. The number of hydrogen-bond donors (Lipinski definition) is 1. The second-order valence-electron chi connectivity index (χ2n) is 4.51. The van der Waals surface area contributed by atoms with Crippen molar-refractivity contribution in [3.63, 3.8) is 0 Å². The minimum atomic E-state index is 0. The first-order valence-electron chi connectivity index (χ1n) is 6.10. The van der Waals surface area contributed by atoms with Crippen molar-refractivity contribution in [1.82, 2.24) is 4.90 Å². The van der Waals surface area contributed by atoms with Crippen molar-refractivity contribution in [2.24, 2.45) is 0 Å². The Morgan fingerprint density at radius 1 is 1.26 bits per heavy atom. The van der Waals surface area contributed by atoms with E-state index in [-0.39, 0.29) is 22.9 Å². The number of hydrogen-bond acceptors (Lipinski definition) is 2. The van der Waals surface area contributed by atoms with Gasteiger partial charge in [-0.1, -0.05) is 30.4 Å². The predicted octanol–water partition coefficient (Wildman–Crippen LogP) is 3.21. The fraction of sp³-hybridized carbons (Fsp3) is 0.267. The van der Waals surface area contributed by atoms with Crippen LogP contribution < -0.4 is 5.32 Å². The molecule has 1 aromatic carbocycles. The van der Waals surface area contributed by atoms with Crippen LogP contribution in [0.4, 0.5) is 5.69 Å². The molecule has 19 heavy (non-hydrogen) atoms. The quantitative estimate of drug-likeness (QED) is 0.926. The number of carbonyl (C=O) groups excluding carboxylic acids is 1. The van der Waals surface area contributed by atoms with E-state index in [4.69, 9.17) is 0 Å². The molecule has 0 saturated carbocycles. The number of allylic oxidation sites excluding steroid dienone is 2. The number of amides is 1. The molecule has 3 nitrogen and oxygen atoms in total. The molecule has 102 valence electrons. The van der Waals surface area contributed by atoms with Crippen molar-refractivity contribution in [3.8, 4) is 0 Å². The molecule has 2 rings (SSSR count).